The van der Waals surface area contributed by atoms with Crippen molar-refractivity contribution in [1.29, 1.82) is 0 Å². The Labute approximate surface area is 247 Å². The number of benzene rings is 1. The number of carboxylic acids is 1. The summed E-state index contributed by atoms with van der Waals surface area (Å²) in [5.74, 6) is -1.68. The lowest BCUT2D eigenvalue weighted by Gasteiger charge is -2.24. The molecule has 42 heavy (non-hydrogen) atoms. The average molecular weight is 596 g/mol. The monoisotopic (exact) mass is 595 g/mol. The number of carboxylic acid groups (broad SMARTS) is 1. The van der Waals surface area contributed by atoms with Gasteiger partial charge in [-0.05, 0) is 48.1 Å². The molecule has 1 aromatic carbocycles. The van der Waals surface area contributed by atoms with Crippen LogP contribution in [0.4, 0.5) is 10.6 Å². The Hall–Kier alpha value is -4.49. The third kappa shape index (κ3) is 8.75. The van der Waals surface area contributed by atoms with Crippen LogP contribution in [-0.4, -0.2) is 83.3 Å². The van der Waals surface area contributed by atoms with Crippen molar-refractivity contribution in [2.24, 2.45) is 0 Å². The fraction of sp³-hybridized carbons (Fsp3) is 0.345. The summed E-state index contributed by atoms with van der Waals surface area (Å²) >= 11 is 1.21. The summed E-state index contributed by atoms with van der Waals surface area (Å²) in [5.41, 5.74) is 1.60. The topological polar surface area (TPSA) is 159 Å². The van der Waals surface area contributed by atoms with Gasteiger partial charge in [0.1, 0.15) is 25.1 Å². The molecule has 0 radical (unpaired) electrons. The minimum atomic E-state index is -1.31. The molecule has 222 valence electrons. The van der Waals surface area contributed by atoms with Gasteiger partial charge in [0.05, 0.1) is 23.6 Å². The lowest BCUT2D eigenvalue weighted by molar-refractivity contribution is -0.139. The van der Waals surface area contributed by atoms with Crippen molar-refractivity contribution in [3.05, 3.63) is 82.2 Å². The van der Waals surface area contributed by atoms with Crippen molar-refractivity contribution in [3.8, 4) is 0 Å². The predicted molar refractivity (Wildman–Crippen MR) is 155 cm³/mol. The van der Waals surface area contributed by atoms with Crippen LogP contribution in [0, 0.1) is 6.92 Å². The van der Waals surface area contributed by atoms with Gasteiger partial charge in [-0.1, -0.05) is 36.4 Å². The number of aryl methyl sites for hydroxylation is 1. The number of nitrogens with one attached hydrogen (secondary N) is 3. The molecule has 4 N–H and O–H groups in total. The Kier molecular flexibility index (Phi) is 10.8. The summed E-state index contributed by atoms with van der Waals surface area (Å²) in [4.78, 5) is 55.8. The number of thiophene rings is 1. The minimum Gasteiger partial charge on any atom is -0.480 e. The molecular weight excluding hydrogens is 562 g/mol. The van der Waals surface area contributed by atoms with E-state index < -0.39 is 36.0 Å². The van der Waals surface area contributed by atoms with Gasteiger partial charge in [0, 0.05) is 19.3 Å². The number of carbonyl (C=O) groups excluding carboxylic acids is 3. The number of aromatic nitrogens is 1. The van der Waals surface area contributed by atoms with Crippen LogP contribution in [0.25, 0.3) is 0 Å². The standard InChI is InChI=1S/C29H33N5O7S/c1-19-10-12-42-26(19)27(36)33-23(28(37)38)15-32-25(35)18-40-22-13-21(14-31-24-9-5-6-11-30-24)34(16-22)29(39)41-17-20-7-3-2-4-8-20/h2-12,21-23H,13-18H2,1H3,(H,30,31)(H,32,35)(H,33,36)(H,37,38). The highest BCUT2D eigenvalue weighted by molar-refractivity contribution is 7.12. The molecule has 1 fully saturated rings. The molecular formula is C29H33N5O7S. The summed E-state index contributed by atoms with van der Waals surface area (Å²) in [5, 5.41) is 19.4. The number of anilines is 1. The van der Waals surface area contributed by atoms with Crippen LogP contribution in [0.3, 0.4) is 0 Å². The van der Waals surface area contributed by atoms with E-state index in [0.29, 0.717) is 23.7 Å². The van der Waals surface area contributed by atoms with Gasteiger partial charge in [-0.2, -0.15) is 0 Å². The number of rotatable bonds is 13. The molecule has 0 aliphatic carbocycles. The normalized spacial score (nSPS) is 16.8. The lowest BCUT2D eigenvalue weighted by Crippen LogP contribution is -2.49. The van der Waals surface area contributed by atoms with Crippen molar-refractivity contribution in [2.75, 3.05) is 31.6 Å². The molecule has 3 unspecified atom stereocenters. The van der Waals surface area contributed by atoms with Gasteiger partial charge in [-0.25, -0.2) is 14.6 Å². The molecule has 4 rings (SSSR count). The van der Waals surface area contributed by atoms with Crippen LogP contribution < -0.4 is 16.0 Å². The zero-order chi connectivity index (χ0) is 29.9. The number of amides is 3. The fourth-order valence-electron chi connectivity index (χ4n) is 4.39. The van der Waals surface area contributed by atoms with Crippen LogP contribution in [0.2, 0.25) is 0 Å². The van der Waals surface area contributed by atoms with Gasteiger partial charge in [-0.3, -0.25) is 9.59 Å². The van der Waals surface area contributed by atoms with Crippen LogP contribution in [0.1, 0.15) is 27.2 Å². The maximum Gasteiger partial charge on any atom is 0.410 e. The van der Waals surface area contributed by atoms with Crippen molar-refractivity contribution in [1.82, 2.24) is 20.5 Å². The summed E-state index contributed by atoms with van der Waals surface area (Å²) < 4.78 is 11.3. The summed E-state index contributed by atoms with van der Waals surface area (Å²) in [7, 11) is 0. The Bertz CT molecular complexity index is 1350. The second-order valence-electron chi connectivity index (χ2n) is 9.71. The average Bonchev–Trinajstić information content (AvgIpc) is 3.62. The Morgan fingerprint density at radius 1 is 1.12 bits per heavy atom. The quantitative estimate of drug-likeness (QED) is 0.233. The number of pyridine rings is 1. The van der Waals surface area contributed by atoms with E-state index in [1.165, 1.54) is 11.3 Å². The minimum absolute atomic E-state index is 0.123. The first-order valence-corrected chi connectivity index (χ1v) is 14.3. The van der Waals surface area contributed by atoms with Crippen LogP contribution in [0.5, 0.6) is 0 Å². The van der Waals surface area contributed by atoms with E-state index >= 15 is 0 Å². The molecule has 3 amide bonds. The van der Waals surface area contributed by atoms with Crippen molar-refractivity contribution in [2.45, 2.75) is 38.1 Å². The van der Waals surface area contributed by atoms with Crippen LogP contribution in [0.15, 0.2) is 66.2 Å². The molecule has 0 bridgehead atoms. The van der Waals surface area contributed by atoms with Gasteiger partial charge in [0.15, 0.2) is 0 Å². The predicted octanol–water partition coefficient (Wildman–Crippen LogP) is 2.66. The fourth-order valence-corrected chi connectivity index (χ4v) is 5.22. The highest BCUT2D eigenvalue weighted by Gasteiger charge is 2.37. The highest BCUT2D eigenvalue weighted by atomic mass is 32.1. The van der Waals surface area contributed by atoms with Gasteiger partial charge in [0.25, 0.3) is 5.91 Å². The van der Waals surface area contributed by atoms with Gasteiger partial charge in [0.2, 0.25) is 5.91 Å². The molecule has 3 atom stereocenters. The number of hydrogen-bond donors (Lipinski definition) is 4. The number of carbonyl (C=O) groups is 4. The molecule has 1 aliphatic heterocycles. The van der Waals surface area contributed by atoms with E-state index in [1.54, 1.807) is 35.5 Å². The zero-order valence-electron chi connectivity index (χ0n) is 23.0. The number of nitrogens with zero attached hydrogens (tertiary/aromatic N) is 2. The smallest absolute Gasteiger partial charge is 0.410 e. The number of aliphatic carboxylic acids is 1. The largest absolute Gasteiger partial charge is 0.480 e. The third-order valence-electron chi connectivity index (χ3n) is 6.62. The molecule has 12 nitrogen and oxygen atoms in total. The SMILES string of the molecule is Cc1ccsc1C(=O)NC(CNC(=O)COC1CC(CNc2ccccn2)N(C(=O)OCc2ccccc2)C1)C(=O)O. The van der Waals surface area contributed by atoms with Gasteiger partial charge in [-0.15, -0.1) is 11.3 Å². The lowest BCUT2D eigenvalue weighted by atomic mass is 10.2. The number of hydrogen-bond acceptors (Lipinski definition) is 9. The van der Waals surface area contributed by atoms with E-state index in [1.807, 2.05) is 42.5 Å². The number of likely N-dealkylation sites (tertiary alicyclic amines) is 1. The van der Waals surface area contributed by atoms with Gasteiger partial charge < -0.3 is 35.4 Å². The number of ether oxygens (including phenoxy) is 2. The second kappa shape index (κ2) is 14.9. The van der Waals surface area contributed by atoms with E-state index in [0.717, 1.165) is 11.1 Å². The van der Waals surface area contributed by atoms with E-state index in [-0.39, 0.29) is 32.3 Å². The third-order valence-corrected chi connectivity index (χ3v) is 7.64. The van der Waals surface area contributed by atoms with Crippen LogP contribution >= 0.6 is 11.3 Å². The summed E-state index contributed by atoms with van der Waals surface area (Å²) in [6.45, 7) is 1.83. The van der Waals surface area contributed by atoms with Crippen LogP contribution in [-0.2, 0) is 25.7 Å². The maximum absolute atomic E-state index is 13.0. The Morgan fingerprint density at radius 2 is 1.90 bits per heavy atom. The molecule has 2 aromatic heterocycles. The molecule has 0 saturated carbocycles. The Morgan fingerprint density at radius 3 is 2.60 bits per heavy atom. The highest BCUT2D eigenvalue weighted by Crippen LogP contribution is 2.22. The molecule has 13 heteroatoms. The maximum atomic E-state index is 13.0. The zero-order valence-corrected chi connectivity index (χ0v) is 23.8. The van der Waals surface area contributed by atoms with Crippen molar-refractivity contribution >= 4 is 41.0 Å². The van der Waals surface area contributed by atoms with Gasteiger partial charge >= 0.3 is 12.1 Å². The summed E-state index contributed by atoms with van der Waals surface area (Å²) in [6, 6.07) is 15.0. The van der Waals surface area contributed by atoms with Crippen molar-refractivity contribution < 1.29 is 33.8 Å². The molecule has 1 aliphatic rings. The summed E-state index contributed by atoms with van der Waals surface area (Å²) in [6.07, 6.45) is 1.16. The van der Waals surface area contributed by atoms with Crippen molar-refractivity contribution in [3.63, 3.8) is 0 Å². The first-order chi connectivity index (χ1) is 20.3. The molecule has 0 spiro atoms. The molecule has 1 saturated heterocycles. The molecule has 3 aromatic rings. The Balaban J connectivity index is 1.28. The van der Waals surface area contributed by atoms with E-state index in [2.05, 4.69) is 20.9 Å². The first-order valence-electron chi connectivity index (χ1n) is 13.4. The van der Waals surface area contributed by atoms with E-state index in [4.69, 9.17) is 9.47 Å². The molecule has 3 heterocycles. The second-order valence-corrected chi connectivity index (χ2v) is 10.6. The first kappa shape index (κ1) is 30.5. The van der Waals surface area contributed by atoms with E-state index in [9.17, 15) is 24.3 Å².